The SMILES string of the molecule is [C-]#[N+]C(CN1C(=O)c2ccccc2C1=O)=C1CCN(c2nc3c(cc2F)c(=O)c(C(=O)O)cn3C2CC2)CC1. The minimum atomic E-state index is -1.37. The summed E-state index contributed by atoms with van der Waals surface area (Å²) in [5.41, 5.74) is 0.818. The molecule has 196 valence electrons. The molecule has 1 saturated carbocycles. The van der Waals surface area contributed by atoms with Crippen molar-refractivity contribution in [1.29, 1.82) is 0 Å². The van der Waals surface area contributed by atoms with E-state index in [9.17, 15) is 24.3 Å². The highest BCUT2D eigenvalue weighted by Gasteiger charge is 2.36. The van der Waals surface area contributed by atoms with Gasteiger partial charge in [0.1, 0.15) is 11.2 Å². The fourth-order valence-electron chi connectivity index (χ4n) is 5.28. The van der Waals surface area contributed by atoms with Crippen LogP contribution in [0, 0.1) is 12.4 Å². The van der Waals surface area contributed by atoms with E-state index >= 15 is 4.39 Å². The number of carbonyl (C=O) groups is 3. The summed E-state index contributed by atoms with van der Waals surface area (Å²) in [4.78, 5) is 60.7. The number of nitrogens with zero attached hydrogens (tertiary/aromatic N) is 5. The fraction of sp³-hybridized carbons (Fsp3) is 0.286. The van der Waals surface area contributed by atoms with Gasteiger partial charge >= 0.3 is 5.97 Å². The van der Waals surface area contributed by atoms with Crippen molar-refractivity contribution in [1.82, 2.24) is 14.5 Å². The van der Waals surface area contributed by atoms with Gasteiger partial charge in [0.05, 0.1) is 29.6 Å². The van der Waals surface area contributed by atoms with Crippen LogP contribution in [0.3, 0.4) is 0 Å². The maximum Gasteiger partial charge on any atom is 0.341 e. The smallest absolute Gasteiger partial charge is 0.341 e. The van der Waals surface area contributed by atoms with Crippen molar-refractivity contribution < 1.29 is 23.9 Å². The second kappa shape index (κ2) is 9.16. The number of benzene rings is 1. The van der Waals surface area contributed by atoms with Gasteiger partial charge in [-0.15, -0.1) is 0 Å². The van der Waals surface area contributed by atoms with Crippen LogP contribution < -0.4 is 10.3 Å². The molecule has 3 aromatic rings. The molecule has 10 nitrogen and oxygen atoms in total. The molecule has 3 aliphatic rings. The molecule has 0 atom stereocenters. The molecule has 1 saturated heterocycles. The molecular formula is C28H22FN5O5. The Labute approximate surface area is 221 Å². The van der Waals surface area contributed by atoms with Crippen molar-refractivity contribution in [2.75, 3.05) is 24.5 Å². The molecule has 1 aliphatic carbocycles. The number of amides is 2. The second-order valence-electron chi connectivity index (χ2n) is 9.87. The highest BCUT2D eigenvalue weighted by molar-refractivity contribution is 6.21. The molecule has 6 rings (SSSR count). The molecule has 11 heteroatoms. The molecule has 39 heavy (non-hydrogen) atoms. The summed E-state index contributed by atoms with van der Waals surface area (Å²) in [7, 11) is 0. The number of carbonyl (C=O) groups excluding carboxylic acids is 2. The zero-order chi connectivity index (χ0) is 27.4. The number of aromatic carboxylic acids is 1. The highest BCUT2D eigenvalue weighted by Crippen LogP contribution is 2.37. The number of halogens is 1. The summed E-state index contributed by atoms with van der Waals surface area (Å²) >= 11 is 0. The molecule has 2 fully saturated rings. The maximum absolute atomic E-state index is 15.2. The van der Waals surface area contributed by atoms with E-state index in [1.807, 2.05) is 0 Å². The molecule has 4 heterocycles. The van der Waals surface area contributed by atoms with Gasteiger partial charge in [-0.1, -0.05) is 17.7 Å². The molecule has 2 aliphatic heterocycles. The number of piperidine rings is 1. The summed E-state index contributed by atoms with van der Waals surface area (Å²) in [6.07, 6.45) is 3.74. The Kier molecular flexibility index (Phi) is 5.75. The van der Waals surface area contributed by atoms with E-state index in [0.717, 1.165) is 29.4 Å². The van der Waals surface area contributed by atoms with Crippen LogP contribution in [0.5, 0.6) is 0 Å². The van der Waals surface area contributed by atoms with Crippen LogP contribution in [-0.4, -0.2) is 57.0 Å². The maximum atomic E-state index is 15.2. The first kappa shape index (κ1) is 24.5. The van der Waals surface area contributed by atoms with Crippen LogP contribution in [0.2, 0.25) is 0 Å². The number of carboxylic acids is 1. The number of hydrogen-bond acceptors (Lipinski definition) is 6. The van der Waals surface area contributed by atoms with Gasteiger partial charge in [0.15, 0.2) is 17.3 Å². The van der Waals surface area contributed by atoms with E-state index in [1.165, 1.54) is 6.20 Å². The third-order valence-electron chi connectivity index (χ3n) is 7.51. The Hall–Kier alpha value is -4.85. The Morgan fingerprint density at radius 2 is 1.74 bits per heavy atom. The van der Waals surface area contributed by atoms with Crippen molar-refractivity contribution in [2.45, 2.75) is 31.7 Å². The van der Waals surface area contributed by atoms with Crippen molar-refractivity contribution in [2.24, 2.45) is 0 Å². The lowest BCUT2D eigenvalue weighted by Gasteiger charge is -2.31. The van der Waals surface area contributed by atoms with Gasteiger partial charge in [-0.2, -0.15) is 0 Å². The topological polar surface area (TPSA) is 117 Å². The number of hydrogen-bond donors (Lipinski definition) is 1. The number of rotatable bonds is 5. The average Bonchev–Trinajstić information content (AvgIpc) is 3.75. The average molecular weight is 528 g/mol. The van der Waals surface area contributed by atoms with Crippen LogP contribution in [0.25, 0.3) is 15.9 Å². The zero-order valence-electron chi connectivity index (χ0n) is 20.7. The predicted molar refractivity (Wildman–Crippen MR) is 138 cm³/mol. The van der Waals surface area contributed by atoms with Gasteiger partial charge in [-0.05, 0) is 43.9 Å². The number of carboxylic acid groups (broad SMARTS) is 1. The van der Waals surface area contributed by atoms with Crippen LogP contribution in [0.1, 0.15) is 62.8 Å². The van der Waals surface area contributed by atoms with Crippen LogP contribution in [-0.2, 0) is 0 Å². The lowest BCUT2D eigenvalue weighted by Crippen LogP contribution is -2.35. The first-order chi connectivity index (χ1) is 18.8. The fourth-order valence-corrected chi connectivity index (χ4v) is 5.28. The van der Waals surface area contributed by atoms with Crippen molar-refractivity contribution in [3.63, 3.8) is 0 Å². The van der Waals surface area contributed by atoms with Gasteiger partial charge in [0.2, 0.25) is 5.43 Å². The van der Waals surface area contributed by atoms with Gasteiger partial charge in [0.25, 0.3) is 11.8 Å². The highest BCUT2D eigenvalue weighted by atomic mass is 19.1. The van der Waals surface area contributed by atoms with Gasteiger partial charge in [0, 0.05) is 25.3 Å². The number of pyridine rings is 2. The molecular weight excluding hydrogens is 505 g/mol. The zero-order valence-corrected chi connectivity index (χ0v) is 20.7. The Morgan fingerprint density at radius 3 is 2.31 bits per heavy atom. The largest absolute Gasteiger partial charge is 0.477 e. The van der Waals surface area contributed by atoms with E-state index < -0.39 is 34.6 Å². The van der Waals surface area contributed by atoms with Crippen LogP contribution in [0.4, 0.5) is 10.2 Å². The summed E-state index contributed by atoms with van der Waals surface area (Å²) in [6.45, 7) is 8.25. The van der Waals surface area contributed by atoms with E-state index in [0.29, 0.717) is 42.8 Å². The molecule has 0 radical (unpaired) electrons. The van der Waals surface area contributed by atoms with E-state index in [4.69, 9.17) is 6.57 Å². The quantitative estimate of drug-likeness (QED) is 0.398. The molecule has 2 amide bonds. The standard InChI is InChI=1S/C28H22FN5O5/c1-30-22(14-34-26(36)17-4-2-3-5-18(17)27(34)37)15-8-10-32(11-9-15)25-21(29)12-19-23(35)20(28(38)39)13-33(16-6-7-16)24(19)31-25/h2-5,12-13,16H,6-11,14H2,(H,38,39). The minimum absolute atomic E-state index is 0.0104. The second-order valence-corrected chi connectivity index (χ2v) is 9.87. The van der Waals surface area contributed by atoms with E-state index in [1.54, 1.807) is 33.7 Å². The molecule has 0 spiro atoms. The Balaban J connectivity index is 1.26. The summed E-state index contributed by atoms with van der Waals surface area (Å²) in [5, 5.41) is 9.36. The first-order valence-corrected chi connectivity index (χ1v) is 12.6. The van der Waals surface area contributed by atoms with E-state index in [-0.39, 0.29) is 29.4 Å². The Bertz CT molecular complexity index is 1690. The van der Waals surface area contributed by atoms with Crippen LogP contribution in [0.15, 0.2) is 52.6 Å². The number of imide groups is 1. The lowest BCUT2D eigenvalue weighted by molar-refractivity contribution is 0.0663. The summed E-state index contributed by atoms with van der Waals surface area (Å²) in [5.74, 6) is -2.89. The number of fused-ring (bicyclic) bond motifs is 2. The van der Waals surface area contributed by atoms with Crippen LogP contribution >= 0.6 is 0 Å². The number of anilines is 1. The van der Waals surface area contributed by atoms with Crippen molar-refractivity contribution >= 4 is 34.6 Å². The van der Waals surface area contributed by atoms with Crippen molar-refractivity contribution in [3.05, 3.63) is 91.9 Å². The third kappa shape index (κ3) is 4.05. The molecule has 1 N–H and O–H groups in total. The first-order valence-electron chi connectivity index (χ1n) is 12.6. The molecule has 1 aromatic carbocycles. The molecule has 0 bridgehead atoms. The Morgan fingerprint density at radius 1 is 1.10 bits per heavy atom. The lowest BCUT2D eigenvalue weighted by atomic mass is 10.0. The normalized spacial score (nSPS) is 17.0. The summed E-state index contributed by atoms with van der Waals surface area (Å²) < 4.78 is 16.9. The van der Waals surface area contributed by atoms with Gasteiger partial charge < -0.3 is 14.6 Å². The van der Waals surface area contributed by atoms with Gasteiger partial charge in [-0.25, -0.2) is 19.0 Å². The minimum Gasteiger partial charge on any atom is -0.477 e. The molecule has 2 aromatic heterocycles. The summed E-state index contributed by atoms with van der Waals surface area (Å²) in [6, 6.07) is 7.63. The number of aromatic nitrogens is 2. The monoisotopic (exact) mass is 527 g/mol. The third-order valence-corrected chi connectivity index (χ3v) is 7.51. The van der Waals surface area contributed by atoms with E-state index in [2.05, 4.69) is 9.83 Å². The van der Waals surface area contributed by atoms with Crippen molar-refractivity contribution in [3.8, 4) is 0 Å². The molecule has 0 unspecified atom stereocenters. The van der Waals surface area contributed by atoms with Gasteiger partial charge in [-0.3, -0.25) is 19.3 Å². The predicted octanol–water partition coefficient (Wildman–Crippen LogP) is 3.64.